The number of amides is 1. The maximum absolute atomic E-state index is 13.1. The van der Waals surface area contributed by atoms with E-state index >= 15 is 0 Å². The number of allylic oxidation sites excluding steroid dienone is 11. The van der Waals surface area contributed by atoms with Crippen molar-refractivity contribution < 1.29 is 39.8 Å². The van der Waals surface area contributed by atoms with Crippen molar-refractivity contribution in [1.82, 2.24) is 5.32 Å². The summed E-state index contributed by atoms with van der Waals surface area (Å²) in [6, 6.07) is -0.805. The molecule has 418 valence electrons. The molecule has 1 aliphatic heterocycles. The normalized spacial score (nSPS) is 19.7. The van der Waals surface area contributed by atoms with Crippen molar-refractivity contribution in [2.24, 2.45) is 0 Å². The molecule has 0 aromatic rings. The highest BCUT2D eigenvalue weighted by Crippen LogP contribution is 2.23. The minimum Gasteiger partial charge on any atom is -0.394 e. The Bertz CT molecular complexity index is 1360. The second-order valence-corrected chi connectivity index (χ2v) is 20.8. The lowest BCUT2D eigenvalue weighted by molar-refractivity contribution is -0.302. The maximum atomic E-state index is 13.1. The van der Waals surface area contributed by atoms with Gasteiger partial charge in [-0.15, -0.1) is 0 Å². The Morgan fingerprint density at radius 1 is 0.486 bits per heavy atom. The fourth-order valence-corrected chi connectivity index (χ4v) is 9.30. The number of carbonyl (C=O) groups excluding carboxylic acids is 1. The molecule has 0 saturated carbocycles. The molecule has 1 fully saturated rings. The standard InChI is InChI=1S/C63H113NO8/c1-3-5-7-9-11-13-15-17-19-20-21-22-23-24-25-26-27-28-29-30-31-32-33-34-35-36-37-38-39-41-43-45-47-49-51-53-59(67)64-56(55-71-63-62(70)61(69)60(68)58(54-65)72-63)57(66)52-50-48-46-44-42-40-18-16-14-12-10-8-6-4-2/h5,7,11,13,17,19,21-22,24-25,50,52,56-58,60-63,65-66,68-70H,3-4,6,8-10,12,14-16,18,20,23,26-49,51,53-55H2,1-2H3,(H,64,67)/b7-5-,13-11-,19-17-,22-21-,25-24-,52-50+. The number of rotatable bonds is 51. The first kappa shape index (κ1) is 67.6. The van der Waals surface area contributed by atoms with Crippen molar-refractivity contribution in [3.8, 4) is 0 Å². The summed E-state index contributed by atoms with van der Waals surface area (Å²) < 4.78 is 11.3. The molecule has 7 unspecified atom stereocenters. The van der Waals surface area contributed by atoms with E-state index in [-0.39, 0.29) is 12.5 Å². The van der Waals surface area contributed by atoms with E-state index in [4.69, 9.17) is 9.47 Å². The van der Waals surface area contributed by atoms with Crippen LogP contribution in [0.3, 0.4) is 0 Å². The molecule has 9 nitrogen and oxygen atoms in total. The van der Waals surface area contributed by atoms with Crippen LogP contribution in [-0.4, -0.2) is 87.5 Å². The molecule has 1 saturated heterocycles. The highest BCUT2D eigenvalue weighted by Gasteiger charge is 2.44. The van der Waals surface area contributed by atoms with Crippen LogP contribution in [0.2, 0.25) is 0 Å². The van der Waals surface area contributed by atoms with E-state index in [9.17, 15) is 30.3 Å². The number of hydrogen-bond donors (Lipinski definition) is 6. The average molecular weight is 1010 g/mol. The first-order chi connectivity index (χ1) is 35.3. The summed E-state index contributed by atoms with van der Waals surface area (Å²) in [6.07, 6.45) is 65.5. The molecular weight excluding hydrogens is 899 g/mol. The van der Waals surface area contributed by atoms with Gasteiger partial charge in [0.1, 0.15) is 24.4 Å². The molecule has 1 heterocycles. The minimum atomic E-state index is -1.57. The monoisotopic (exact) mass is 1010 g/mol. The van der Waals surface area contributed by atoms with Gasteiger partial charge in [-0.2, -0.15) is 0 Å². The average Bonchev–Trinajstić information content (AvgIpc) is 3.38. The van der Waals surface area contributed by atoms with Gasteiger partial charge in [-0.25, -0.2) is 0 Å². The third-order valence-electron chi connectivity index (χ3n) is 14.0. The van der Waals surface area contributed by atoms with Gasteiger partial charge in [-0.05, 0) is 64.2 Å². The van der Waals surface area contributed by atoms with Gasteiger partial charge in [-0.3, -0.25) is 4.79 Å². The number of aliphatic hydroxyl groups is 5. The minimum absolute atomic E-state index is 0.176. The van der Waals surface area contributed by atoms with Crippen LogP contribution < -0.4 is 5.32 Å². The topological polar surface area (TPSA) is 149 Å². The van der Waals surface area contributed by atoms with Gasteiger partial charge in [0.15, 0.2) is 6.29 Å². The molecule has 72 heavy (non-hydrogen) atoms. The third-order valence-corrected chi connectivity index (χ3v) is 14.0. The number of nitrogens with one attached hydrogen (secondary N) is 1. The lowest BCUT2D eigenvalue weighted by Gasteiger charge is -2.40. The molecule has 0 aliphatic carbocycles. The zero-order valence-electron chi connectivity index (χ0n) is 46.4. The first-order valence-corrected chi connectivity index (χ1v) is 30.2. The van der Waals surface area contributed by atoms with Crippen LogP contribution in [0.5, 0.6) is 0 Å². The number of ether oxygens (including phenoxy) is 2. The number of aliphatic hydroxyl groups excluding tert-OH is 5. The highest BCUT2D eigenvalue weighted by atomic mass is 16.7. The predicted octanol–water partition coefficient (Wildman–Crippen LogP) is 15.2. The molecule has 0 bridgehead atoms. The van der Waals surface area contributed by atoms with Gasteiger partial charge in [0.05, 0.1) is 25.4 Å². The summed E-state index contributed by atoms with van der Waals surface area (Å²) >= 11 is 0. The Kier molecular flexibility index (Phi) is 48.9. The summed E-state index contributed by atoms with van der Waals surface area (Å²) in [7, 11) is 0. The van der Waals surface area contributed by atoms with Gasteiger partial charge in [0.25, 0.3) is 0 Å². The Balaban J connectivity index is 2.10. The van der Waals surface area contributed by atoms with E-state index in [1.807, 2.05) is 6.08 Å². The zero-order valence-corrected chi connectivity index (χ0v) is 46.4. The van der Waals surface area contributed by atoms with E-state index in [1.54, 1.807) is 6.08 Å². The summed E-state index contributed by atoms with van der Waals surface area (Å²) in [5.74, 6) is -0.176. The van der Waals surface area contributed by atoms with Crippen molar-refractivity contribution in [1.29, 1.82) is 0 Å². The molecule has 0 aromatic heterocycles. The number of carbonyl (C=O) groups is 1. The van der Waals surface area contributed by atoms with Gasteiger partial charge in [0, 0.05) is 6.42 Å². The van der Waals surface area contributed by atoms with Crippen LogP contribution in [0.15, 0.2) is 72.9 Å². The van der Waals surface area contributed by atoms with Crippen molar-refractivity contribution in [2.45, 2.75) is 307 Å². The van der Waals surface area contributed by atoms with Crippen LogP contribution in [0.25, 0.3) is 0 Å². The summed E-state index contributed by atoms with van der Waals surface area (Å²) in [4.78, 5) is 13.1. The van der Waals surface area contributed by atoms with Crippen LogP contribution in [-0.2, 0) is 14.3 Å². The molecule has 0 spiro atoms. The maximum Gasteiger partial charge on any atom is 0.220 e. The summed E-state index contributed by atoms with van der Waals surface area (Å²) in [6.45, 7) is 3.67. The van der Waals surface area contributed by atoms with Crippen LogP contribution >= 0.6 is 0 Å². The molecule has 9 heteroatoms. The van der Waals surface area contributed by atoms with Crippen LogP contribution in [0, 0.1) is 0 Å². The number of unbranched alkanes of at least 4 members (excludes halogenated alkanes) is 31. The van der Waals surface area contributed by atoms with E-state index in [0.29, 0.717) is 6.42 Å². The van der Waals surface area contributed by atoms with Gasteiger partial charge >= 0.3 is 0 Å². The summed E-state index contributed by atoms with van der Waals surface area (Å²) in [5.41, 5.74) is 0. The Morgan fingerprint density at radius 2 is 0.861 bits per heavy atom. The molecule has 1 rings (SSSR count). The zero-order chi connectivity index (χ0) is 52.2. The summed E-state index contributed by atoms with van der Waals surface area (Å²) in [5, 5.41) is 54.5. The Morgan fingerprint density at radius 3 is 1.28 bits per heavy atom. The Labute approximate surface area is 442 Å². The molecule has 7 atom stereocenters. The lowest BCUT2D eigenvalue weighted by atomic mass is 9.99. The van der Waals surface area contributed by atoms with Crippen LogP contribution in [0.4, 0.5) is 0 Å². The SMILES string of the molecule is CC/C=C\C/C=C\C/C=C\C/C=C\C/C=C\CCCCCCCCCCCCCCCCCCCCCC(=O)NC(COC1OC(CO)C(O)C(O)C1O)C(O)/C=C/CCCCCCCCCCCCCC. The van der Waals surface area contributed by atoms with Crippen molar-refractivity contribution >= 4 is 5.91 Å². The third kappa shape index (κ3) is 40.9. The predicted molar refractivity (Wildman–Crippen MR) is 304 cm³/mol. The van der Waals surface area contributed by atoms with E-state index in [2.05, 4.69) is 79.9 Å². The fraction of sp³-hybridized carbons (Fsp3) is 0.794. The second-order valence-electron chi connectivity index (χ2n) is 20.8. The van der Waals surface area contributed by atoms with Crippen molar-refractivity contribution in [3.63, 3.8) is 0 Å². The largest absolute Gasteiger partial charge is 0.394 e. The molecule has 1 amide bonds. The molecule has 6 N–H and O–H groups in total. The lowest BCUT2D eigenvalue weighted by Crippen LogP contribution is -2.60. The molecular formula is C63H113NO8. The van der Waals surface area contributed by atoms with E-state index < -0.39 is 49.5 Å². The van der Waals surface area contributed by atoms with Crippen molar-refractivity contribution in [2.75, 3.05) is 13.2 Å². The van der Waals surface area contributed by atoms with Crippen molar-refractivity contribution in [3.05, 3.63) is 72.9 Å². The van der Waals surface area contributed by atoms with Gasteiger partial charge < -0.3 is 40.3 Å². The number of hydrogen-bond acceptors (Lipinski definition) is 8. The molecule has 0 radical (unpaired) electrons. The second kappa shape index (κ2) is 52.1. The van der Waals surface area contributed by atoms with Crippen LogP contribution in [0.1, 0.15) is 264 Å². The highest BCUT2D eigenvalue weighted by molar-refractivity contribution is 5.76. The quantitative estimate of drug-likeness (QED) is 0.0261. The van der Waals surface area contributed by atoms with Gasteiger partial charge in [-0.1, -0.05) is 267 Å². The van der Waals surface area contributed by atoms with E-state index in [0.717, 1.165) is 70.6 Å². The first-order valence-electron chi connectivity index (χ1n) is 30.2. The van der Waals surface area contributed by atoms with E-state index in [1.165, 1.54) is 173 Å². The Hall–Kier alpha value is -2.37. The fourth-order valence-electron chi connectivity index (χ4n) is 9.30. The molecule has 0 aromatic carbocycles. The smallest absolute Gasteiger partial charge is 0.220 e. The molecule has 1 aliphatic rings. The van der Waals surface area contributed by atoms with Gasteiger partial charge in [0.2, 0.25) is 5.91 Å².